The maximum atomic E-state index is 10.6. The highest BCUT2D eigenvalue weighted by atomic mass is 19.4. The highest BCUT2D eigenvalue weighted by molar-refractivity contribution is 5.73. The predicted octanol–water partition coefficient (Wildman–Crippen LogP) is 2.43. The van der Waals surface area contributed by atoms with Gasteiger partial charge >= 0.3 is 12.1 Å². The molecule has 1 saturated heterocycles. The van der Waals surface area contributed by atoms with Crippen LogP contribution in [0.3, 0.4) is 0 Å². The van der Waals surface area contributed by atoms with Crippen LogP contribution in [-0.2, 0) is 21.6 Å². The van der Waals surface area contributed by atoms with Crippen molar-refractivity contribution in [3.8, 4) is 0 Å². The topological polar surface area (TPSA) is 87.6 Å². The predicted molar refractivity (Wildman–Crippen MR) is 95.0 cm³/mol. The summed E-state index contributed by atoms with van der Waals surface area (Å²) in [6.07, 6.45) is 0.725. The number of hydrogen-bond donors (Lipinski definition) is 2. The first kappa shape index (κ1) is 20.8. The number of fused-ring (bicyclic) bond motifs is 2. The number of likely N-dealkylation sites (tertiary alicyclic amines) is 1. The summed E-state index contributed by atoms with van der Waals surface area (Å²) < 4.78 is 37.6. The van der Waals surface area contributed by atoms with Gasteiger partial charge in [-0.1, -0.05) is 6.92 Å². The van der Waals surface area contributed by atoms with Crippen molar-refractivity contribution < 1.29 is 27.8 Å². The van der Waals surface area contributed by atoms with Crippen molar-refractivity contribution >= 4 is 11.9 Å². The molecule has 1 aliphatic carbocycles. The molecule has 2 aliphatic heterocycles. The third kappa shape index (κ3) is 4.91. The number of carboxylic acid groups (broad SMARTS) is 1. The number of ether oxygens (including phenoxy) is 1. The van der Waals surface area contributed by atoms with Crippen LogP contribution in [0.4, 0.5) is 19.1 Å². The molecule has 10 heteroatoms. The molecule has 1 spiro atoms. The first-order valence-corrected chi connectivity index (χ1v) is 9.44. The Morgan fingerprint density at radius 1 is 1.46 bits per heavy atom. The standard InChI is InChI=1S/C16H24N4O.C2HF3O2/c1-2-20-6-5-16(10-20)11-21-9-13-8-18-15(19-14(13)16)17-7-12-3-4-12;3-2(4,5)1(6)7/h8,12H,2-7,9-11H2,1H3,(H,17,18,19);(H,6,7). The monoisotopic (exact) mass is 402 g/mol. The Morgan fingerprint density at radius 2 is 2.18 bits per heavy atom. The van der Waals surface area contributed by atoms with E-state index in [1.54, 1.807) is 0 Å². The first-order valence-electron chi connectivity index (χ1n) is 9.44. The minimum atomic E-state index is -5.08. The second-order valence-electron chi connectivity index (χ2n) is 7.59. The molecule has 1 aromatic heterocycles. The van der Waals surface area contributed by atoms with E-state index in [0.717, 1.165) is 51.1 Å². The fraction of sp³-hybridized carbons (Fsp3) is 0.722. The second kappa shape index (κ2) is 8.20. The van der Waals surface area contributed by atoms with Crippen molar-refractivity contribution in [2.45, 2.75) is 44.4 Å². The first-order chi connectivity index (χ1) is 13.2. The average Bonchev–Trinajstić information content (AvgIpc) is 3.40. The van der Waals surface area contributed by atoms with Crippen molar-refractivity contribution in [1.82, 2.24) is 14.9 Å². The van der Waals surface area contributed by atoms with Gasteiger partial charge in [0.25, 0.3) is 0 Å². The van der Waals surface area contributed by atoms with Crippen molar-refractivity contribution in [1.29, 1.82) is 0 Å². The Kier molecular flexibility index (Phi) is 6.09. The van der Waals surface area contributed by atoms with Crippen molar-refractivity contribution in [3.05, 3.63) is 17.5 Å². The molecule has 1 atom stereocenters. The number of halogens is 3. The Morgan fingerprint density at radius 3 is 2.75 bits per heavy atom. The van der Waals surface area contributed by atoms with Crippen molar-refractivity contribution in [3.63, 3.8) is 0 Å². The number of likely N-dealkylation sites (N-methyl/N-ethyl adjacent to an activating group) is 1. The normalized spacial score (nSPS) is 24.4. The van der Waals surface area contributed by atoms with E-state index in [2.05, 4.69) is 22.1 Å². The fourth-order valence-corrected chi connectivity index (χ4v) is 3.58. The number of nitrogens with one attached hydrogen (secondary N) is 1. The third-order valence-corrected chi connectivity index (χ3v) is 5.37. The molecular weight excluding hydrogens is 377 g/mol. The number of carbonyl (C=O) groups is 1. The number of aliphatic carboxylic acids is 1. The lowest BCUT2D eigenvalue weighted by atomic mass is 9.80. The van der Waals surface area contributed by atoms with E-state index in [1.807, 2.05) is 6.20 Å². The number of hydrogen-bond acceptors (Lipinski definition) is 6. The summed E-state index contributed by atoms with van der Waals surface area (Å²) in [4.78, 5) is 20.8. The molecule has 3 heterocycles. The summed E-state index contributed by atoms with van der Waals surface area (Å²) in [7, 11) is 0. The molecule has 0 radical (unpaired) electrons. The van der Waals surface area contributed by atoms with E-state index in [4.69, 9.17) is 19.6 Å². The molecule has 4 rings (SSSR count). The largest absolute Gasteiger partial charge is 0.490 e. The number of anilines is 1. The van der Waals surface area contributed by atoms with Gasteiger partial charge in [-0.25, -0.2) is 14.8 Å². The average molecular weight is 402 g/mol. The summed E-state index contributed by atoms with van der Waals surface area (Å²) in [6, 6.07) is 0. The molecule has 1 aromatic rings. The molecule has 3 aliphatic rings. The van der Waals surface area contributed by atoms with Crippen molar-refractivity contribution in [2.75, 3.05) is 38.1 Å². The Labute approximate surface area is 161 Å². The van der Waals surface area contributed by atoms with Gasteiger partial charge in [0.2, 0.25) is 5.95 Å². The zero-order chi connectivity index (χ0) is 20.4. The summed E-state index contributed by atoms with van der Waals surface area (Å²) >= 11 is 0. The Balaban J connectivity index is 0.000000279. The van der Waals surface area contributed by atoms with E-state index in [0.29, 0.717) is 6.61 Å². The van der Waals surface area contributed by atoms with E-state index < -0.39 is 12.1 Å². The van der Waals surface area contributed by atoms with Gasteiger partial charge in [0.15, 0.2) is 0 Å². The van der Waals surface area contributed by atoms with Crippen LogP contribution in [0.1, 0.15) is 37.4 Å². The zero-order valence-corrected chi connectivity index (χ0v) is 15.8. The SMILES string of the molecule is CCN1CCC2(COCc3cnc(NCC4CC4)nc32)C1.O=C(O)C(F)(F)F. The highest BCUT2D eigenvalue weighted by Crippen LogP contribution is 2.39. The molecular formula is C18H25F3N4O3. The second-order valence-corrected chi connectivity index (χ2v) is 7.59. The number of alkyl halides is 3. The van der Waals surface area contributed by atoms with E-state index in [9.17, 15) is 13.2 Å². The van der Waals surface area contributed by atoms with E-state index in [-0.39, 0.29) is 5.41 Å². The lowest BCUT2D eigenvalue weighted by Gasteiger charge is -2.34. The van der Waals surface area contributed by atoms with Gasteiger partial charge in [0.1, 0.15) is 0 Å². The molecule has 0 amide bonds. The van der Waals surface area contributed by atoms with E-state index in [1.165, 1.54) is 24.1 Å². The summed E-state index contributed by atoms with van der Waals surface area (Å²) in [5.74, 6) is -1.12. The van der Waals surface area contributed by atoms with Crippen LogP contribution < -0.4 is 5.32 Å². The van der Waals surface area contributed by atoms with Gasteiger partial charge in [-0.05, 0) is 38.3 Å². The van der Waals surface area contributed by atoms with Crippen LogP contribution in [0.5, 0.6) is 0 Å². The van der Waals surface area contributed by atoms with Crippen LogP contribution >= 0.6 is 0 Å². The molecule has 1 saturated carbocycles. The van der Waals surface area contributed by atoms with E-state index >= 15 is 0 Å². The molecule has 28 heavy (non-hydrogen) atoms. The molecule has 7 nitrogen and oxygen atoms in total. The minimum absolute atomic E-state index is 0.0859. The molecule has 2 N–H and O–H groups in total. The lowest BCUT2D eigenvalue weighted by molar-refractivity contribution is -0.192. The highest BCUT2D eigenvalue weighted by Gasteiger charge is 2.44. The summed E-state index contributed by atoms with van der Waals surface area (Å²) in [6.45, 7) is 8.02. The summed E-state index contributed by atoms with van der Waals surface area (Å²) in [5, 5.41) is 10.5. The summed E-state index contributed by atoms with van der Waals surface area (Å²) in [5.41, 5.74) is 2.50. The van der Waals surface area contributed by atoms with Gasteiger partial charge in [-0.3, -0.25) is 0 Å². The third-order valence-electron chi connectivity index (χ3n) is 5.37. The Bertz CT molecular complexity index is 712. The number of nitrogens with zero attached hydrogens (tertiary/aromatic N) is 3. The van der Waals surface area contributed by atoms with Crippen LogP contribution in [0, 0.1) is 5.92 Å². The fourth-order valence-electron chi connectivity index (χ4n) is 3.58. The van der Waals surface area contributed by atoms with Crippen molar-refractivity contribution in [2.24, 2.45) is 5.92 Å². The van der Waals surface area contributed by atoms with Crippen LogP contribution in [0.25, 0.3) is 0 Å². The molecule has 0 aromatic carbocycles. The lowest BCUT2D eigenvalue weighted by Crippen LogP contribution is -2.40. The molecule has 2 fully saturated rings. The number of aromatic nitrogens is 2. The van der Waals surface area contributed by atoms with Crippen LogP contribution in [0.2, 0.25) is 0 Å². The van der Waals surface area contributed by atoms with Gasteiger partial charge in [0.05, 0.1) is 24.3 Å². The maximum absolute atomic E-state index is 10.6. The van der Waals surface area contributed by atoms with Gasteiger partial charge in [-0.2, -0.15) is 13.2 Å². The van der Waals surface area contributed by atoms with Gasteiger partial charge in [0, 0.05) is 24.8 Å². The Hall–Kier alpha value is -1.94. The van der Waals surface area contributed by atoms with Crippen LogP contribution in [-0.4, -0.2) is 64.9 Å². The quantitative estimate of drug-likeness (QED) is 0.800. The maximum Gasteiger partial charge on any atom is 0.490 e. The molecule has 0 bridgehead atoms. The minimum Gasteiger partial charge on any atom is -0.475 e. The molecule has 1 unspecified atom stereocenters. The van der Waals surface area contributed by atoms with Gasteiger partial charge in [-0.15, -0.1) is 0 Å². The van der Waals surface area contributed by atoms with Gasteiger partial charge < -0.3 is 20.1 Å². The number of rotatable bonds is 4. The number of carboxylic acids is 1. The smallest absolute Gasteiger partial charge is 0.475 e. The zero-order valence-electron chi connectivity index (χ0n) is 15.8. The molecule has 156 valence electrons. The van der Waals surface area contributed by atoms with Crippen LogP contribution in [0.15, 0.2) is 6.20 Å².